The van der Waals surface area contributed by atoms with Gasteiger partial charge in [0, 0.05) is 36.8 Å². The van der Waals surface area contributed by atoms with Gasteiger partial charge in [0.1, 0.15) is 0 Å². The number of nitrogens with one attached hydrogen (secondary N) is 1. The third-order valence-corrected chi connectivity index (χ3v) is 4.07. The van der Waals surface area contributed by atoms with E-state index in [0.717, 1.165) is 36.8 Å². The smallest absolute Gasteiger partial charge is 0.235 e. The van der Waals surface area contributed by atoms with Gasteiger partial charge in [0.25, 0.3) is 0 Å². The van der Waals surface area contributed by atoms with Crippen LogP contribution < -0.4 is 11.1 Å². The molecule has 4 nitrogen and oxygen atoms in total. The molecule has 0 bridgehead atoms. The molecule has 5 heteroatoms. The van der Waals surface area contributed by atoms with E-state index in [0.29, 0.717) is 0 Å². The normalized spacial score (nSPS) is 17.5. The molecule has 0 radical (unpaired) electrons. The summed E-state index contributed by atoms with van der Waals surface area (Å²) in [7, 11) is 0. The number of amides is 1. The number of hydrogen-bond acceptors (Lipinski definition) is 4. The summed E-state index contributed by atoms with van der Waals surface area (Å²) in [6.45, 7) is 5.37. The van der Waals surface area contributed by atoms with Crippen molar-refractivity contribution in [3.8, 4) is 0 Å². The van der Waals surface area contributed by atoms with Gasteiger partial charge >= 0.3 is 0 Å². The van der Waals surface area contributed by atoms with E-state index in [9.17, 15) is 4.79 Å². The monoisotopic (exact) mass is 265 g/mol. The third-order valence-electron chi connectivity index (χ3n) is 2.97. The standard InChI is InChI=1S/C13H19N3OS/c1-10(13(17)16-8-6-15-7-9-16)18-12-4-2-11(14)3-5-12/h2-5,10,15H,6-9,14H2,1H3. The summed E-state index contributed by atoms with van der Waals surface area (Å²) in [4.78, 5) is 15.2. The maximum atomic E-state index is 12.2. The molecule has 3 N–H and O–H groups in total. The maximum Gasteiger partial charge on any atom is 0.235 e. The number of carbonyl (C=O) groups is 1. The Balaban J connectivity index is 1.92. The van der Waals surface area contributed by atoms with Gasteiger partial charge in [-0.05, 0) is 31.2 Å². The lowest BCUT2D eigenvalue weighted by molar-refractivity contribution is -0.130. The van der Waals surface area contributed by atoms with E-state index in [4.69, 9.17) is 5.73 Å². The van der Waals surface area contributed by atoms with Crippen molar-refractivity contribution >= 4 is 23.4 Å². The first kappa shape index (κ1) is 13.2. The van der Waals surface area contributed by atoms with Crippen LogP contribution in [0.2, 0.25) is 0 Å². The van der Waals surface area contributed by atoms with Gasteiger partial charge in [-0.1, -0.05) is 0 Å². The Morgan fingerprint density at radius 2 is 1.94 bits per heavy atom. The van der Waals surface area contributed by atoms with Gasteiger partial charge < -0.3 is 16.0 Å². The van der Waals surface area contributed by atoms with Gasteiger partial charge in [-0.2, -0.15) is 0 Å². The lowest BCUT2D eigenvalue weighted by atomic mass is 10.3. The van der Waals surface area contributed by atoms with Gasteiger partial charge in [0.2, 0.25) is 5.91 Å². The van der Waals surface area contributed by atoms with Crippen molar-refractivity contribution in [3.63, 3.8) is 0 Å². The lowest BCUT2D eigenvalue weighted by Gasteiger charge is -2.29. The van der Waals surface area contributed by atoms with Gasteiger partial charge in [-0.25, -0.2) is 0 Å². The Morgan fingerprint density at radius 3 is 2.56 bits per heavy atom. The van der Waals surface area contributed by atoms with E-state index in [2.05, 4.69) is 5.32 Å². The second-order valence-corrected chi connectivity index (χ2v) is 5.82. The van der Waals surface area contributed by atoms with Crippen LogP contribution in [-0.2, 0) is 4.79 Å². The fourth-order valence-electron chi connectivity index (χ4n) is 1.94. The molecule has 1 fully saturated rings. The maximum absolute atomic E-state index is 12.2. The fraction of sp³-hybridized carbons (Fsp3) is 0.462. The molecule has 1 heterocycles. The Kier molecular flexibility index (Phi) is 4.49. The quantitative estimate of drug-likeness (QED) is 0.636. The second kappa shape index (κ2) is 6.11. The number of nitrogens with two attached hydrogens (primary N) is 1. The van der Waals surface area contributed by atoms with E-state index in [1.807, 2.05) is 36.1 Å². The second-order valence-electron chi connectivity index (χ2n) is 4.40. The summed E-state index contributed by atoms with van der Waals surface area (Å²) < 4.78 is 0. The minimum atomic E-state index is -0.0493. The van der Waals surface area contributed by atoms with Crippen molar-refractivity contribution in [2.45, 2.75) is 17.1 Å². The fourth-order valence-corrected chi connectivity index (χ4v) is 2.89. The highest BCUT2D eigenvalue weighted by molar-refractivity contribution is 8.00. The highest BCUT2D eigenvalue weighted by Crippen LogP contribution is 2.25. The number of thioether (sulfide) groups is 1. The molecule has 1 aromatic rings. The molecule has 0 spiro atoms. The zero-order valence-corrected chi connectivity index (χ0v) is 11.4. The molecule has 1 aliphatic rings. The summed E-state index contributed by atoms with van der Waals surface area (Å²) in [6.07, 6.45) is 0. The van der Waals surface area contributed by atoms with Gasteiger partial charge in [-0.15, -0.1) is 11.8 Å². The summed E-state index contributed by atoms with van der Waals surface area (Å²) in [5, 5.41) is 3.20. The van der Waals surface area contributed by atoms with Crippen LogP contribution in [0.3, 0.4) is 0 Å². The zero-order valence-electron chi connectivity index (χ0n) is 10.6. The topological polar surface area (TPSA) is 58.4 Å². The molecule has 1 aliphatic heterocycles. The van der Waals surface area contributed by atoms with Crippen LogP contribution in [0.1, 0.15) is 6.92 Å². The van der Waals surface area contributed by atoms with Crippen LogP contribution in [0.5, 0.6) is 0 Å². The lowest BCUT2D eigenvalue weighted by Crippen LogP contribution is -2.48. The molecule has 2 rings (SSSR count). The Bertz CT molecular complexity index is 401. The number of benzene rings is 1. The van der Waals surface area contributed by atoms with E-state index < -0.39 is 0 Å². The SMILES string of the molecule is CC(Sc1ccc(N)cc1)C(=O)N1CCNCC1. The van der Waals surface area contributed by atoms with Crippen LogP contribution in [0, 0.1) is 0 Å². The number of nitrogens with zero attached hydrogens (tertiary/aromatic N) is 1. The molecular weight excluding hydrogens is 246 g/mol. The van der Waals surface area contributed by atoms with E-state index in [-0.39, 0.29) is 11.2 Å². The molecule has 0 aliphatic carbocycles. The molecule has 1 saturated heterocycles. The van der Waals surface area contributed by atoms with Crippen molar-refractivity contribution < 1.29 is 4.79 Å². The zero-order chi connectivity index (χ0) is 13.0. The third kappa shape index (κ3) is 3.40. The first-order valence-electron chi connectivity index (χ1n) is 6.18. The molecule has 0 saturated carbocycles. The first-order valence-corrected chi connectivity index (χ1v) is 7.06. The highest BCUT2D eigenvalue weighted by Gasteiger charge is 2.22. The van der Waals surface area contributed by atoms with Crippen molar-refractivity contribution in [2.24, 2.45) is 0 Å². The Labute approximate surface area is 112 Å². The summed E-state index contributed by atoms with van der Waals surface area (Å²) in [6, 6.07) is 7.65. The Hall–Kier alpha value is -1.20. The van der Waals surface area contributed by atoms with E-state index in [1.54, 1.807) is 11.8 Å². The average Bonchev–Trinajstić information content (AvgIpc) is 2.41. The molecule has 98 valence electrons. The van der Waals surface area contributed by atoms with Gasteiger partial charge in [-0.3, -0.25) is 4.79 Å². The van der Waals surface area contributed by atoms with Crippen LogP contribution in [0.15, 0.2) is 29.2 Å². The average molecular weight is 265 g/mol. The van der Waals surface area contributed by atoms with Crippen molar-refractivity contribution in [1.82, 2.24) is 10.2 Å². The minimum absolute atomic E-state index is 0.0493. The van der Waals surface area contributed by atoms with Crippen molar-refractivity contribution in [1.29, 1.82) is 0 Å². The van der Waals surface area contributed by atoms with E-state index in [1.165, 1.54) is 0 Å². The van der Waals surface area contributed by atoms with Crippen LogP contribution in [-0.4, -0.2) is 42.2 Å². The van der Waals surface area contributed by atoms with Gasteiger partial charge in [0.05, 0.1) is 5.25 Å². The summed E-state index contributed by atoms with van der Waals surface area (Å²) in [5.74, 6) is 0.221. The van der Waals surface area contributed by atoms with Crippen LogP contribution in [0.4, 0.5) is 5.69 Å². The molecule has 1 unspecified atom stereocenters. The number of anilines is 1. The van der Waals surface area contributed by atoms with Crippen LogP contribution >= 0.6 is 11.8 Å². The highest BCUT2D eigenvalue weighted by atomic mass is 32.2. The molecule has 1 amide bonds. The molecule has 1 atom stereocenters. The summed E-state index contributed by atoms with van der Waals surface area (Å²) in [5.41, 5.74) is 6.39. The number of nitrogen functional groups attached to an aromatic ring is 1. The number of rotatable bonds is 3. The summed E-state index contributed by atoms with van der Waals surface area (Å²) >= 11 is 1.59. The van der Waals surface area contributed by atoms with Crippen LogP contribution in [0.25, 0.3) is 0 Å². The van der Waals surface area contributed by atoms with Crippen molar-refractivity contribution in [2.75, 3.05) is 31.9 Å². The van der Waals surface area contributed by atoms with E-state index >= 15 is 0 Å². The largest absolute Gasteiger partial charge is 0.399 e. The predicted octanol–water partition coefficient (Wildman–Crippen LogP) is 1.18. The molecule has 1 aromatic carbocycles. The predicted molar refractivity (Wildman–Crippen MR) is 75.6 cm³/mol. The Morgan fingerprint density at radius 1 is 1.33 bits per heavy atom. The van der Waals surface area contributed by atoms with Gasteiger partial charge in [0.15, 0.2) is 0 Å². The number of piperazine rings is 1. The first-order chi connectivity index (χ1) is 8.66. The minimum Gasteiger partial charge on any atom is -0.399 e. The molecule has 0 aromatic heterocycles. The number of hydrogen-bond donors (Lipinski definition) is 2. The van der Waals surface area contributed by atoms with Crippen molar-refractivity contribution in [3.05, 3.63) is 24.3 Å². The number of carbonyl (C=O) groups excluding carboxylic acids is 1. The molecular formula is C13H19N3OS. The molecule has 18 heavy (non-hydrogen) atoms.